The van der Waals surface area contributed by atoms with Crippen LogP contribution in [0.25, 0.3) is 21.8 Å². The fourth-order valence-corrected chi connectivity index (χ4v) is 3.06. The molecule has 0 aliphatic rings. The molecule has 0 radical (unpaired) electrons. The van der Waals surface area contributed by atoms with Crippen molar-refractivity contribution in [3.05, 3.63) is 124 Å². The van der Waals surface area contributed by atoms with Crippen LogP contribution in [0.1, 0.15) is 11.1 Å². The first-order valence-corrected chi connectivity index (χ1v) is 12.6. The van der Waals surface area contributed by atoms with Gasteiger partial charge in [0.15, 0.2) is 10.2 Å². The van der Waals surface area contributed by atoms with Crippen LogP contribution in [0.4, 0.5) is 0 Å². The summed E-state index contributed by atoms with van der Waals surface area (Å²) in [6.07, 6.45) is 2.88. The Bertz CT molecular complexity index is 1560. The molecule has 2 heterocycles. The van der Waals surface area contributed by atoms with Gasteiger partial charge in [0.05, 0.1) is 23.6 Å². The minimum atomic E-state index is -1.75. The van der Waals surface area contributed by atoms with Gasteiger partial charge in [-0.05, 0) is 59.5 Å². The van der Waals surface area contributed by atoms with Gasteiger partial charge in [0.1, 0.15) is 0 Å². The first-order chi connectivity index (χ1) is 20.9. The second kappa shape index (κ2) is 22.3. The summed E-state index contributed by atoms with van der Waals surface area (Å²) < 4.78 is 0. The number of nitrogens with zero attached hydrogens (tertiary/aromatic N) is 4. The van der Waals surface area contributed by atoms with Gasteiger partial charge in [-0.3, -0.25) is 20.4 Å². The van der Waals surface area contributed by atoms with E-state index < -0.39 is 10.8 Å². The Labute approximate surface area is 275 Å². The molecule has 4 aromatic rings. The van der Waals surface area contributed by atoms with Crippen LogP contribution in [0.15, 0.2) is 80.5 Å². The second-order valence-corrected chi connectivity index (χ2v) is 8.44. The Morgan fingerprint density at radius 1 is 0.689 bits per heavy atom. The Balaban J connectivity index is 0.000000684. The number of aromatic amines is 2. The third kappa shape index (κ3) is 17.0. The number of rotatable bonds is 4. The number of nitrogens with one attached hydrogen (secondary N) is 6. The first-order valence-electron chi connectivity index (χ1n) is 11.8. The van der Waals surface area contributed by atoms with Crippen LogP contribution in [-0.2, 0) is 16.5 Å². The summed E-state index contributed by atoms with van der Waals surface area (Å²) in [6.45, 7) is 0. The predicted molar refractivity (Wildman–Crippen MR) is 178 cm³/mol. The largest absolute Gasteiger partial charge is 2.00 e. The molecule has 4 rings (SSSR count). The van der Waals surface area contributed by atoms with Crippen molar-refractivity contribution in [2.75, 3.05) is 14.1 Å². The SMILES string of the molecule is CNC(=S)N/N=C/c1cc2ccccc2[nH]c1=O.CNC(=S)N/N=C/c1cc2ccccc2[nH]c1=O.[Ni+2].[O-]N([O-])[O-].[O-]N([O-])[O-]. The molecule has 0 unspecified atom stereocenters. The van der Waals surface area contributed by atoms with Gasteiger partial charge in [-0.2, -0.15) is 10.2 Å². The van der Waals surface area contributed by atoms with E-state index in [0.29, 0.717) is 21.4 Å². The molecule has 18 nitrogen and oxygen atoms in total. The number of benzene rings is 2. The molecule has 0 fully saturated rings. The van der Waals surface area contributed by atoms with Crippen molar-refractivity contribution in [2.45, 2.75) is 0 Å². The molecule has 0 atom stereocenters. The van der Waals surface area contributed by atoms with E-state index >= 15 is 0 Å². The van der Waals surface area contributed by atoms with Gasteiger partial charge in [0, 0.05) is 25.1 Å². The predicted octanol–water partition coefficient (Wildman–Crippen LogP) is 1.47. The molecule has 0 saturated heterocycles. The first kappa shape index (κ1) is 40.8. The van der Waals surface area contributed by atoms with Crippen LogP contribution in [0.5, 0.6) is 0 Å². The summed E-state index contributed by atoms with van der Waals surface area (Å²) in [5, 5.41) is 61.9. The van der Waals surface area contributed by atoms with Crippen molar-refractivity contribution in [1.29, 1.82) is 0 Å². The Morgan fingerprint density at radius 2 is 1.00 bits per heavy atom. The summed E-state index contributed by atoms with van der Waals surface area (Å²) >= 11 is 9.72. The Morgan fingerprint density at radius 3 is 1.31 bits per heavy atom. The molecular formula is C24H24N10NiO8S2-4. The monoisotopic (exact) mass is 702 g/mol. The van der Waals surface area contributed by atoms with Crippen LogP contribution in [0, 0.1) is 31.2 Å². The van der Waals surface area contributed by atoms with Gasteiger partial charge in [-0.25, -0.2) is 0 Å². The van der Waals surface area contributed by atoms with Crippen molar-refractivity contribution in [3.8, 4) is 0 Å². The average molecular weight is 703 g/mol. The molecular weight excluding hydrogens is 679 g/mol. The number of H-pyrrole nitrogens is 2. The van der Waals surface area contributed by atoms with Crippen LogP contribution >= 0.6 is 24.4 Å². The zero-order chi connectivity index (χ0) is 33.1. The van der Waals surface area contributed by atoms with Gasteiger partial charge in [-0.1, -0.05) is 36.4 Å². The van der Waals surface area contributed by atoms with Crippen molar-refractivity contribution in [3.63, 3.8) is 0 Å². The fraction of sp³-hybridized carbons (Fsp3) is 0.0833. The van der Waals surface area contributed by atoms with Crippen LogP contribution in [-0.4, -0.2) is 57.5 Å². The smallest absolute Gasteiger partial charge is 0.809 e. The number of hydrogen-bond acceptors (Lipinski definition) is 14. The zero-order valence-corrected chi connectivity index (χ0v) is 25.7. The number of thiocarbonyl (C=S) groups is 2. The van der Waals surface area contributed by atoms with Crippen molar-refractivity contribution >= 4 is 68.9 Å². The number of hydrazone groups is 2. The van der Waals surface area contributed by atoms with Gasteiger partial charge in [0.25, 0.3) is 11.1 Å². The maximum Gasteiger partial charge on any atom is 2.00 e. The minimum absolute atomic E-state index is 0. The summed E-state index contributed by atoms with van der Waals surface area (Å²) in [4.78, 5) is 29.1. The minimum Gasteiger partial charge on any atom is -0.809 e. The second-order valence-electron chi connectivity index (χ2n) is 7.63. The van der Waals surface area contributed by atoms with Crippen molar-refractivity contribution in [2.24, 2.45) is 10.2 Å². The van der Waals surface area contributed by atoms with E-state index in [-0.39, 0.29) is 27.6 Å². The maximum atomic E-state index is 11.8. The average Bonchev–Trinajstić information content (AvgIpc) is 2.97. The number of pyridine rings is 2. The molecule has 6 N–H and O–H groups in total. The summed E-state index contributed by atoms with van der Waals surface area (Å²) in [6, 6.07) is 18.7. The fourth-order valence-electron chi connectivity index (χ4n) is 2.95. The van der Waals surface area contributed by atoms with E-state index in [9.17, 15) is 9.59 Å². The summed E-state index contributed by atoms with van der Waals surface area (Å²) in [5.41, 5.74) is 7.37. The molecule has 244 valence electrons. The van der Waals surface area contributed by atoms with Crippen molar-refractivity contribution < 1.29 is 16.5 Å². The molecule has 0 amide bonds. The Hall–Kier alpha value is -4.25. The number of aromatic nitrogens is 2. The summed E-state index contributed by atoms with van der Waals surface area (Å²) in [7, 11) is 3.38. The molecule has 0 spiro atoms. The van der Waals surface area contributed by atoms with Crippen molar-refractivity contribution in [1.82, 2.24) is 42.2 Å². The molecule has 2 aromatic heterocycles. The number of hydrogen-bond donors (Lipinski definition) is 6. The molecule has 0 saturated carbocycles. The van der Waals surface area contributed by atoms with E-state index in [0.717, 1.165) is 21.8 Å². The molecule has 0 bridgehead atoms. The van der Waals surface area contributed by atoms with E-state index in [1.807, 2.05) is 48.5 Å². The molecule has 21 heteroatoms. The van der Waals surface area contributed by atoms with E-state index in [4.69, 9.17) is 55.7 Å². The third-order valence-corrected chi connectivity index (χ3v) is 5.35. The zero-order valence-electron chi connectivity index (χ0n) is 23.1. The quantitative estimate of drug-likeness (QED) is 0.0759. The molecule has 2 aromatic carbocycles. The number of para-hydroxylation sites is 2. The normalized spacial score (nSPS) is 10.2. The third-order valence-electron chi connectivity index (χ3n) is 4.76. The van der Waals surface area contributed by atoms with E-state index in [1.165, 1.54) is 12.4 Å². The molecule has 0 aliphatic carbocycles. The molecule has 45 heavy (non-hydrogen) atoms. The van der Waals surface area contributed by atoms with Gasteiger partial charge in [0.2, 0.25) is 0 Å². The molecule has 0 aliphatic heterocycles. The standard InChI is InChI=1S/2C12H12N4OS.2NO3.Ni/c2*1-13-12(18)16-14-7-9-6-8-4-2-3-5-10(8)15-11(9)17;2*2-1(3)4;/h2*2-7H,1H3,(H,15,17)(H2,13,16,18);;;/q;;2*-3;+2/b2*14-7+;;;. The van der Waals surface area contributed by atoms with E-state index in [2.05, 4.69) is 41.7 Å². The van der Waals surface area contributed by atoms with Gasteiger partial charge >= 0.3 is 16.5 Å². The Kier molecular flexibility index (Phi) is 20.2. The van der Waals surface area contributed by atoms with Crippen LogP contribution < -0.4 is 32.6 Å². The van der Waals surface area contributed by atoms with Gasteiger partial charge in [-0.15, -0.1) is 0 Å². The van der Waals surface area contributed by atoms with Crippen LogP contribution in [0.2, 0.25) is 0 Å². The topological polar surface area (TPSA) is 283 Å². The van der Waals surface area contributed by atoms with Crippen LogP contribution in [0.3, 0.4) is 0 Å². The summed E-state index contributed by atoms with van der Waals surface area (Å²) in [5.74, 6) is 0. The maximum absolute atomic E-state index is 11.8. The van der Waals surface area contributed by atoms with E-state index in [1.54, 1.807) is 26.2 Å². The van der Waals surface area contributed by atoms with Gasteiger partial charge < -0.3 is 62.6 Å². The number of fused-ring (bicyclic) bond motifs is 2.